The van der Waals surface area contributed by atoms with Crippen LogP contribution in [0, 0.1) is 11.3 Å². The second kappa shape index (κ2) is 6.84. The molecule has 1 aromatic rings. The van der Waals surface area contributed by atoms with Gasteiger partial charge in [-0.25, -0.2) is 5.01 Å². The Morgan fingerprint density at radius 2 is 2.39 bits per heavy atom. The molecule has 0 radical (unpaired) electrons. The molecule has 8 heteroatoms. The van der Waals surface area contributed by atoms with Gasteiger partial charge in [-0.05, 0) is 34.5 Å². The molecule has 1 aromatic heterocycles. The third-order valence-corrected chi connectivity index (χ3v) is 5.07. The summed E-state index contributed by atoms with van der Waals surface area (Å²) in [6, 6.07) is 0. The number of hydrogen-bond acceptors (Lipinski definition) is 5. The molecule has 0 aliphatic carbocycles. The highest BCUT2D eigenvalue weighted by Crippen LogP contribution is 2.27. The lowest BCUT2D eigenvalue weighted by molar-refractivity contribution is 0.391. The van der Waals surface area contributed by atoms with Crippen LogP contribution in [0.5, 0.6) is 0 Å². The molecule has 2 aliphatic rings. The number of rotatable bonds is 4. The van der Waals surface area contributed by atoms with Gasteiger partial charge in [-0.3, -0.25) is 10.1 Å². The fourth-order valence-electron chi connectivity index (χ4n) is 2.82. The summed E-state index contributed by atoms with van der Waals surface area (Å²) in [6.45, 7) is 4.60. The molecule has 0 spiro atoms. The van der Waals surface area contributed by atoms with Crippen LogP contribution in [0.3, 0.4) is 0 Å². The fraction of sp³-hybridized carbons (Fsp3) is 0.533. The van der Waals surface area contributed by atoms with E-state index in [0.29, 0.717) is 18.4 Å². The summed E-state index contributed by atoms with van der Waals surface area (Å²) in [5.74, 6) is 1.00. The first kappa shape index (κ1) is 16.2. The zero-order valence-electron chi connectivity index (χ0n) is 13.4. The molecule has 1 saturated heterocycles. The SMILES string of the molecule is CC(/C=N\N1CNC([C@@H]2CCNC2)=C(Br)C1=N)c1cnn(C)c1. The van der Waals surface area contributed by atoms with Crippen molar-refractivity contribution in [1.29, 1.82) is 5.41 Å². The van der Waals surface area contributed by atoms with Gasteiger partial charge in [0.15, 0.2) is 5.84 Å². The fourth-order valence-corrected chi connectivity index (χ4v) is 3.49. The molecule has 2 aliphatic heterocycles. The Balaban J connectivity index is 1.68. The van der Waals surface area contributed by atoms with Crippen LogP contribution in [0.1, 0.15) is 24.8 Å². The standard InChI is InChI=1S/C15H22BrN7/c1-10(12-7-20-22(2)8-12)5-21-23-9-19-14(13(16)15(23)17)11-3-4-18-6-11/h5,7-8,10-11,17-19H,3-4,6,9H2,1-2H3/b17-15?,21-5-/t10?,11-/m1/s1. The lowest BCUT2D eigenvalue weighted by Crippen LogP contribution is -2.42. The summed E-state index contributed by atoms with van der Waals surface area (Å²) in [4.78, 5) is 0. The second-order valence-corrected chi connectivity index (χ2v) is 6.79. The highest BCUT2D eigenvalue weighted by Gasteiger charge is 2.28. The zero-order chi connectivity index (χ0) is 16.4. The van der Waals surface area contributed by atoms with Crippen molar-refractivity contribution < 1.29 is 0 Å². The van der Waals surface area contributed by atoms with Crippen molar-refractivity contribution >= 4 is 28.0 Å². The first-order chi connectivity index (χ1) is 11.1. The number of amidine groups is 1. The predicted molar refractivity (Wildman–Crippen MR) is 94.6 cm³/mol. The normalized spacial score (nSPS) is 23.7. The first-order valence-electron chi connectivity index (χ1n) is 7.79. The first-order valence-corrected chi connectivity index (χ1v) is 8.59. The highest BCUT2D eigenvalue weighted by molar-refractivity contribution is 9.12. The van der Waals surface area contributed by atoms with E-state index < -0.39 is 0 Å². The molecular formula is C15H22BrN7. The Labute approximate surface area is 144 Å². The zero-order valence-corrected chi connectivity index (χ0v) is 15.0. The van der Waals surface area contributed by atoms with E-state index in [1.165, 1.54) is 0 Å². The number of aryl methyl sites for hydroxylation is 1. The van der Waals surface area contributed by atoms with E-state index >= 15 is 0 Å². The maximum Gasteiger partial charge on any atom is 0.159 e. The molecule has 3 N–H and O–H groups in total. The van der Waals surface area contributed by atoms with Crippen molar-refractivity contribution in [2.75, 3.05) is 19.8 Å². The van der Waals surface area contributed by atoms with E-state index in [4.69, 9.17) is 5.41 Å². The summed E-state index contributed by atoms with van der Waals surface area (Å²) in [6.07, 6.45) is 6.79. The van der Waals surface area contributed by atoms with Crippen molar-refractivity contribution in [2.45, 2.75) is 19.3 Å². The lowest BCUT2D eigenvalue weighted by atomic mass is 10.0. The third-order valence-electron chi connectivity index (χ3n) is 4.27. The van der Waals surface area contributed by atoms with E-state index in [2.05, 4.69) is 43.7 Å². The molecule has 3 rings (SSSR count). The van der Waals surface area contributed by atoms with Gasteiger partial charge in [-0.1, -0.05) is 6.92 Å². The van der Waals surface area contributed by atoms with Gasteiger partial charge in [-0.2, -0.15) is 10.2 Å². The minimum Gasteiger partial charge on any atom is -0.368 e. The summed E-state index contributed by atoms with van der Waals surface area (Å²) >= 11 is 3.56. The van der Waals surface area contributed by atoms with Crippen LogP contribution in [0.2, 0.25) is 0 Å². The van der Waals surface area contributed by atoms with Crippen LogP contribution in [0.15, 0.2) is 27.7 Å². The van der Waals surface area contributed by atoms with Gasteiger partial charge in [0.05, 0.1) is 10.7 Å². The van der Waals surface area contributed by atoms with Crippen LogP contribution in [-0.2, 0) is 7.05 Å². The Hall–Kier alpha value is -1.67. The van der Waals surface area contributed by atoms with Gasteiger partial charge in [0.1, 0.15) is 6.67 Å². The van der Waals surface area contributed by atoms with Crippen molar-refractivity contribution in [3.8, 4) is 0 Å². The quantitative estimate of drug-likeness (QED) is 0.693. The van der Waals surface area contributed by atoms with Crippen molar-refractivity contribution in [3.05, 3.63) is 28.1 Å². The highest BCUT2D eigenvalue weighted by atomic mass is 79.9. The predicted octanol–water partition coefficient (Wildman–Crippen LogP) is 1.57. The summed E-state index contributed by atoms with van der Waals surface area (Å²) in [7, 11) is 1.90. The van der Waals surface area contributed by atoms with Crippen LogP contribution in [0.25, 0.3) is 0 Å². The number of hydrazone groups is 1. The lowest BCUT2D eigenvalue weighted by Gasteiger charge is -2.30. The average Bonchev–Trinajstić information content (AvgIpc) is 3.20. The molecule has 3 heterocycles. The van der Waals surface area contributed by atoms with Crippen molar-refractivity contribution in [3.63, 3.8) is 0 Å². The smallest absolute Gasteiger partial charge is 0.159 e. The molecule has 0 saturated carbocycles. The van der Waals surface area contributed by atoms with Gasteiger partial charge in [-0.15, -0.1) is 0 Å². The maximum atomic E-state index is 8.33. The largest absolute Gasteiger partial charge is 0.368 e. The van der Waals surface area contributed by atoms with E-state index in [1.54, 1.807) is 9.69 Å². The molecule has 2 atom stereocenters. The monoisotopic (exact) mass is 379 g/mol. The van der Waals surface area contributed by atoms with Gasteiger partial charge in [0, 0.05) is 43.5 Å². The van der Waals surface area contributed by atoms with Crippen molar-refractivity contribution in [1.82, 2.24) is 25.4 Å². The second-order valence-electron chi connectivity index (χ2n) is 6.00. The number of nitrogens with zero attached hydrogens (tertiary/aromatic N) is 4. The Kier molecular flexibility index (Phi) is 4.82. The molecule has 0 bridgehead atoms. The Morgan fingerprint density at radius 1 is 1.57 bits per heavy atom. The minimum absolute atomic E-state index is 0.152. The summed E-state index contributed by atoms with van der Waals surface area (Å²) in [5.41, 5.74) is 2.23. The average molecular weight is 380 g/mol. The molecule has 1 fully saturated rings. The number of aromatic nitrogens is 2. The molecule has 23 heavy (non-hydrogen) atoms. The van der Waals surface area contributed by atoms with E-state index in [-0.39, 0.29) is 5.92 Å². The molecule has 124 valence electrons. The van der Waals surface area contributed by atoms with Gasteiger partial charge >= 0.3 is 0 Å². The number of nitrogens with one attached hydrogen (secondary N) is 3. The Bertz CT molecular complexity index is 642. The summed E-state index contributed by atoms with van der Waals surface area (Å²) < 4.78 is 2.59. The summed E-state index contributed by atoms with van der Waals surface area (Å²) in [5, 5.41) is 25.4. The topological polar surface area (TPSA) is 81.3 Å². The van der Waals surface area contributed by atoms with Crippen molar-refractivity contribution in [2.24, 2.45) is 18.1 Å². The van der Waals surface area contributed by atoms with E-state index in [0.717, 1.165) is 35.3 Å². The third kappa shape index (κ3) is 3.48. The number of hydrogen-bond donors (Lipinski definition) is 3. The van der Waals surface area contributed by atoms with Crippen LogP contribution in [0.4, 0.5) is 0 Å². The molecule has 0 aromatic carbocycles. The molecule has 7 nitrogen and oxygen atoms in total. The molecule has 0 amide bonds. The van der Waals surface area contributed by atoms with Gasteiger partial charge < -0.3 is 10.6 Å². The van der Waals surface area contributed by atoms with Crippen LogP contribution in [-0.4, -0.2) is 46.6 Å². The number of halogens is 1. The van der Waals surface area contributed by atoms with Gasteiger partial charge in [0.25, 0.3) is 0 Å². The van der Waals surface area contributed by atoms with Crippen LogP contribution < -0.4 is 10.6 Å². The molecular weight excluding hydrogens is 358 g/mol. The van der Waals surface area contributed by atoms with E-state index in [9.17, 15) is 0 Å². The molecule has 1 unspecified atom stereocenters. The van der Waals surface area contributed by atoms with E-state index in [1.807, 2.05) is 25.7 Å². The maximum absolute atomic E-state index is 8.33. The Morgan fingerprint density at radius 3 is 3.04 bits per heavy atom. The van der Waals surface area contributed by atoms with Crippen LogP contribution >= 0.6 is 15.9 Å². The minimum atomic E-state index is 0.152. The van der Waals surface area contributed by atoms with Gasteiger partial charge in [0.2, 0.25) is 0 Å².